The summed E-state index contributed by atoms with van der Waals surface area (Å²) in [7, 11) is 0. The van der Waals surface area contributed by atoms with E-state index < -0.39 is 24.5 Å². The highest BCUT2D eigenvalue weighted by Crippen LogP contribution is 2.29. The number of hydrogen-bond donors (Lipinski definition) is 2. The van der Waals surface area contributed by atoms with Crippen molar-refractivity contribution in [3.05, 3.63) is 23.8 Å². The van der Waals surface area contributed by atoms with Crippen molar-refractivity contribution in [1.29, 1.82) is 0 Å². The number of carbonyl (C=O) groups excluding carboxylic acids is 1. The lowest BCUT2D eigenvalue weighted by Crippen LogP contribution is -2.40. The van der Waals surface area contributed by atoms with Crippen LogP contribution in [0, 0.1) is 12.3 Å². The third-order valence-corrected chi connectivity index (χ3v) is 3.60. The number of aliphatic hydroxyl groups is 2. The highest BCUT2D eigenvalue weighted by Gasteiger charge is 2.29. The molecule has 0 spiro atoms. The average molecular weight is 350 g/mol. The van der Waals surface area contributed by atoms with Crippen molar-refractivity contribution in [3.63, 3.8) is 0 Å². The summed E-state index contributed by atoms with van der Waals surface area (Å²) in [6.07, 6.45) is 4.14. The molecule has 1 aliphatic rings. The van der Waals surface area contributed by atoms with Crippen molar-refractivity contribution in [3.8, 4) is 23.8 Å². The molecule has 0 radical (unpaired) electrons. The molecule has 7 heteroatoms. The Labute approximate surface area is 146 Å². The number of carbonyl (C=O) groups is 1. The van der Waals surface area contributed by atoms with Gasteiger partial charge in [-0.05, 0) is 12.1 Å². The Balaban J connectivity index is 2.09. The number of benzene rings is 1. The third kappa shape index (κ3) is 5.94. The van der Waals surface area contributed by atoms with Crippen LogP contribution in [0.2, 0.25) is 0 Å². The van der Waals surface area contributed by atoms with Crippen LogP contribution in [0.15, 0.2) is 18.2 Å². The first kappa shape index (κ1) is 19.1. The van der Waals surface area contributed by atoms with Gasteiger partial charge in [0.15, 0.2) is 0 Å². The largest absolute Gasteiger partial charge is 0.480 e. The van der Waals surface area contributed by atoms with Gasteiger partial charge in [0.1, 0.15) is 24.7 Å². The van der Waals surface area contributed by atoms with E-state index in [1.165, 1.54) is 6.92 Å². The van der Waals surface area contributed by atoms with Gasteiger partial charge in [0, 0.05) is 31.4 Å². The van der Waals surface area contributed by atoms with Gasteiger partial charge in [-0.25, -0.2) is 0 Å². The van der Waals surface area contributed by atoms with Crippen LogP contribution in [0.5, 0.6) is 11.5 Å². The van der Waals surface area contributed by atoms with E-state index in [2.05, 4.69) is 5.92 Å². The van der Waals surface area contributed by atoms with E-state index in [1.54, 1.807) is 18.2 Å². The monoisotopic (exact) mass is 350 g/mol. The van der Waals surface area contributed by atoms with Gasteiger partial charge >= 0.3 is 5.97 Å². The van der Waals surface area contributed by atoms with Gasteiger partial charge < -0.3 is 29.2 Å². The summed E-state index contributed by atoms with van der Waals surface area (Å²) in [6.45, 7) is 1.25. The van der Waals surface area contributed by atoms with Gasteiger partial charge in [0.05, 0.1) is 18.8 Å². The SMILES string of the molecule is C#CCOc1cc(OC2CC(O)CC(CO)O2)ccc1COC(C)=O. The van der Waals surface area contributed by atoms with Crippen LogP contribution in [0.3, 0.4) is 0 Å². The first-order valence-corrected chi connectivity index (χ1v) is 7.95. The standard InChI is InChI=1S/C18H22O7/c1-3-6-22-17-9-15(5-4-13(17)11-23-12(2)20)24-18-8-14(21)7-16(10-19)25-18/h1,4-5,9,14,16,18-19,21H,6-8,10-11H2,2H3. The zero-order valence-corrected chi connectivity index (χ0v) is 14.0. The summed E-state index contributed by atoms with van der Waals surface area (Å²) >= 11 is 0. The molecule has 25 heavy (non-hydrogen) atoms. The molecule has 1 heterocycles. The molecule has 7 nitrogen and oxygen atoms in total. The number of aliphatic hydroxyl groups excluding tert-OH is 2. The first-order valence-electron chi connectivity index (χ1n) is 7.95. The molecule has 0 aromatic heterocycles. The van der Waals surface area contributed by atoms with E-state index in [0.29, 0.717) is 29.9 Å². The fraction of sp³-hybridized carbons (Fsp3) is 0.500. The van der Waals surface area contributed by atoms with E-state index in [9.17, 15) is 15.0 Å². The molecule has 0 bridgehead atoms. The Morgan fingerprint density at radius 1 is 1.44 bits per heavy atom. The van der Waals surface area contributed by atoms with Crippen molar-refractivity contribution in [2.75, 3.05) is 13.2 Å². The predicted octanol–water partition coefficient (Wildman–Crippen LogP) is 0.999. The van der Waals surface area contributed by atoms with Crippen LogP contribution in [-0.4, -0.2) is 47.9 Å². The van der Waals surface area contributed by atoms with Gasteiger partial charge in [0.2, 0.25) is 6.29 Å². The minimum atomic E-state index is -0.680. The quantitative estimate of drug-likeness (QED) is 0.559. The number of hydrogen-bond acceptors (Lipinski definition) is 7. The van der Waals surface area contributed by atoms with Crippen LogP contribution in [-0.2, 0) is 20.9 Å². The van der Waals surface area contributed by atoms with E-state index in [-0.39, 0.29) is 19.8 Å². The highest BCUT2D eigenvalue weighted by molar-refractivity contribution is 5.66. The van der Waals surface area contributed by atoms with Crippen LogP contribution in [0.1, 0.15) is 25.3 Å². The van der Waals surface area contributed by atoms with E-state index in [4.69, 9.17) is 25.4 Å². The molecule has 1 aliphatic heterocycles. The minimum absolute atomic E-state index is 0.0563. The third-order valence-electron chi connectivity index (χ3n) is 3.60. The zero-order valence-electron chi connectivity index (χ0n) is 14.0. The van der Waals surface area contributed by atoms with Gasteiger partial charge in [-0.3, -0.25) is 4.79 Å². The molecular weight excluding hydrogens is 328 g/mol. The molecule has 0 aliphatic carbocycles. The molecule has 1 aromatic carbocycles. The maximum atomic E-state index is 11.0. The smallest absolute Gasteiger partial charge is 0.302 e. The highest BCUT2D eigenvalue weighted by atomic mass is 16.7. The lowest BCUT2D eigenvalue weighted by Gasteiger charge is -2.32. The molecule has 136 valence electrons. The number of ether oxygens (including phenoxy) is 4. The number of rotatable bonds is 7. The normalized spacial score (nSPS) is 22.7. The molecule has 1 aromatic rings. The summed E-state index contributed by atoms with van der Waals surface area (Å²) in [5.41, 5.74) is 0.649. The molecular formula is C18H22O7. The summed E-state index contributed by atoms with van der Waals surface area (Å²) in [4.78, 5) is 11.0. The van der Waals surface area contributed by atoms with E-state index >= 15 is 0 Å². The molecule has 0 saturated carbocycles. The van der Waals surface area contributed by atoms with Crippen molar-refractivity contribution >= 4 is 5.97 Å². The molecule has 0 amide bonds. The van der Waals surface area contributed by atoms with Gasteiger partial charge in [0.25, 0.3) is 0 Å². The summed E-state index contributed by atoms with van der Waals surface area (Å²) in [5.74, 6) is 2.86. The van der Waals surface area contributed by atoms with Crippen LogP contribution < -0.4 is 9.47 Å². The van der Waals surface area contributed by atoms with Gasteiger partial charge in [-0.1, -0.05) is 5.92 Å². The van der Waals surface area contributed by atoms with Crippen LogP contribution in [0.25, 0.3) is 0 Å². The Hall–Kier alpha value is -2.27. The number of terminal acetylenes is 1. The second-order valence-electron chi connectivity index (χ2n) is 5.66. The maximum absolute atomic E-state index is 11.0. The Morgan fingerprint density at radius 3 is 2.92 bits per heavy atom. The summed E-state index contributed by atoms with van der Waals surface area (Å²) in [5, 5.41) is 19.0. The van der Waals surface area contributed by atoms with Gasteiger partial charge in [-0.15, -0.1) is 6.42 Å². The van der Waals surface area contributed by atoms with E-state index in [0.717, 1.165) is 0 Å². The summed E-state index contributed by atoms with van der Waals surface area (Å²) < 4.78 is 21.8. The second kappa shape index (κ2) is 9.28. The van der Waals surface area contributed by atoms with Crippen molar-refractivity contribution < 1.29 is 34.0 Å². The van der Waals surface area contributed by atoms with E-state index in [1.807, 2.05) is 0 Å². The van der Waals surface area contributed by atoms with Crippen molar-refractivity contribution in [2.24, 2.45) is 0 Å². The van der Waals surface area contributed by atoms with Gasteiger partial charge in [-0.2, -0.15) is 0 Å². The fourth-order valence-corrected chi connectivity index (χ4v) is 2.45. The minimum Gasteiger partial charge on any atom is -0.480 e. The van der Waals surface area contributed by atoms with Crippen LogP contribution >= 0.6 is 0 Å². The lowest BCUT2D eigenvalue weighted by molar-refractivity contribution is -0.184. The Kier molecular flexibility index (Phi) is 7.07. The first-order chi connectivity index (χ1) is 12.0. The Bertz CT molecular complexity index is 622. The molecule has 2 N–H and O–H groups in total. The average Bonchev–Trinajstić information content (AvgIpc) is 2.58. The Morgan fingerprint density at radius 2 is 2.24 bits per heavy atom. The maximum Gasteiger partial charge on any atom is 0.302 e. The van der Waals surface area contributed by atoms with Crippen LogP contribution in [0.4, 0.5) is 0 Å². The van der Waals surface area contributed by atoms with Crippen molar-refractivity contribution in [2.45, 2.75) is 44.9 Å². The lowest BCUT2D eigenvalue weighted by atomic mass is 10.1. The predicted molar refractivity (Wildman–Crippen MR) is 87.9 cm³/mol. The molecule has 2 rings (SSSR count). The topological polar surface area (TPSA) is 94.5 Å². The second-order valence-corrected chi connectivity index (χ2v) is 5.66. The molecule has 3 unspecified atom stereocenters. The fourth-order valence-electron chi connectivity index (χ4n) is 2.45. The molecule has 3 atom stereocenters. The molecule has 1 saturated heterocycles. The van der Waals surface area contributed by atoms with Crippen molar-refractivity contribution in [1.82, 2.24) is 0 Å². The summed E-state index contributed by atoms with van der Waals surface area (Å²) in [6, 6.07) is 5.00. The number of esters is 1. The molecule has 1 fully saturated rings. The zero-order chi connectivity index (χ0) is 18.2.